The number of rotatable bonds is 2. The Bertz CT molecular complexity index is 232. The maximum Gasteiger partial charge on any atom is 0.471 e. The Labute approximate surface area is 84.7 Å². The Morgan fingerprint density at radius 1 is 1.53 bits per heavy atom. The van der Waals surface area contributed by atoms with E-state index in [1.807, 2.05) is 5.32 Å². The predicted molar refractivity (Wildman–Crippen MR) is 44.2 cm³/mol. The molecule has 0 aromatic heterocycles. The van der Waals surface area contributed by atoms with E-state index in [1.54, 1.807) is 0 Å². The molecule has 7 heteroatoms. The number of hydrogen-bond donors (Lipinski definition) is 1. The van der Waals surface area contributed by atoms with Crippen LogP contribution in [0.2, 0.25) is 0 Å². The highest BCUT2D eigenvalue weighted by molar-refractivity contribution is 5.82. The number of carbonyl (C=O) groups is 1. The highest BCUT2D eigenvalue weighted by atomic mass is 19.4. The van der Waals surface area contributed by atoms with Crippen molar-refractivity contribution < 1.29 is 27.4 Å². The molecule has 0 bridgehead atoms. The van der Waals surface area contributed by atoms with Gasteiger partial charge >= 0.3 is 12.1 Å². The van der Waals surface area contributed by atoms with Crippen LogP contribution in [0.3, 0.4) is 0 Å². The van der Waals surface area contributed by atoms with Gasteiger partial charge in [-0.05, 0) is 6.42 Å². The molecule has 1 amide bonds. The molecule has 1 saturated heterocycles. The van der Waals surface area contributed by atoms with Crippen LogP contribution in [0.5, 0.6) is 0 Å². The standard InChI is InChI=1S/C8H12F3NO3/c1-14-6-4-15-3-2-5(6)12-7(13)8(9,10)11/h5-6H,2-4H2,1H3,(H,12,13). The van der Waals surface area contributed by atoms with Crippen molar-refractivity contribution in [3.63, 3.8) is 0 Å². The monoisotopic (exact) mass is 227 g/mol. The van der Waals surface area contributed by atoms with Crippen molar-refractivity contribution in [2.45, 2.75) is 24.7 Å². The molecule has 0 aliphatic carbocycles. The van der Waals surface area contributed by atoms with E-state index in [4.69, 9.17) is 9.47 Å². The fourth-order valence-corrected chi connectivity index (χ4v) is 1.36. The molecule has 1 aliphatic rings. The van der Waals surface area contributed by atoms with Crippen LogP contribution in [-0.4, -0.2) is 44.6 Å². The third-order valence-corrected chi connectivity index (χ3v) is 2.18. The van der Waals surface area contributed by atoms with Gasteiger partial charge in [0.1, 0.15) is 6.10 Å². The summed E-state index contributed by atoms with van der Waals surface area (Å²) < 4.78 is 45.8. The summed E-state index contributed by atoms with van der Waals surface area (Å²) in [7, 11) is 1.37. The minimum atomic E-state index is -4.85. The van der Waals surface area contributed by atoms with Gasteiger partial charge in [0, 0.05) is 13.7 Å². The molecule has 1 N–H and O–H groups in total. The zero-order valence-corrected chi connectivity index (χ0v) is 8.13. The average Bonchev–Trinajstić information content (AvgIpc) is 2.17. The number of ether oxygens (including phenoxy) is 2. The molecular weight excluding hydrogens is 215 g/mol. The summed E-state index contributed by atoms with van der Waals surface area (Å²) in [5.74, 6) is -1.93. The summed E-state index contributed by atoms with van der Waals surface area (Å²) in [4.78, 5) is 10.7. The molecule has 4 nitrogen and oxygen atoms in total. The molecule has 0 spiro atoms. The Hall–Kier alpha value is -0.820. The molecule has 1 fully saturated rings. The zero-order valence-electron chi connectivity index (χ0n) is 8.13. The highest BCUT2D eigenvalue weighted by Crippen LogP contribution is 2.17. The number of hydrogen-bond acceptors (Lipinski definition) is 3. The first-order chi connectivity index (χ1) is 6.95. The van der Waals surface area contributed by atoms with Gasteiger partial charge in [0.15, 0.2) is 0 Å². The number of alkyl halides is 3. The second-order valence-electron chi connectivity index (χ2n) is 3.22. The van der Waals surface area contributed by atoms with E-state index < -0.39 is 24.2 Å². The van der Waals surface area contributed by atoms with E-state index >= 15 is 0 Å². The Morgan fingerprint density at radius 3 is 2.73 bits per heavy atom. The number of carbonyl (C=O) groups excluding carboxylic acids is 1. The smallest absolute Gasteiger partial charge is 0.379 e. The zero-order chi connectivity index (χ0) is 11.5. The van der Waals surface area contributed by atoms with Gasteiger partial charge in [-0.2, -0.15) is 13.2 Å². The van der Waals surface area contributed by atoms with E-state index in [-0.39, 0.29) is 6.61 Å². The van der Waals surface area contributed by atoms with E-state index in [2.05, 4.69) is 0 Å². The van der Waals surface area contributed by atoms with Crippen molar-refractivity contribution >= 4 is 5.91 Å². The van der Waals surface area contributed by atoms with Gasteiger partial charge in [0.05, 0.1) is 12.6 Å². The van der Waals surface area contributed by atoms with E-state index in [0.717, 1.165) is 0 Å². The maximum absolute atomic E-state index is 12.0. The van der Waals surface area contributed by atoms with Gasteiger partial charge in [0.2, 0.25) is 0 Å². The fourth-order valence-electron chi connectivity index (χ4n) is 1.36. The number of amides is 1. The Balaban J connectivity index is 2.52. The summed E-state index contributed by atoms with van der Waals surface area (Å²) in [5, 5.41) is 1.89. The predicted octanol–water partition coefficient (Wildman–Crippen LogP) is 0.469. The Morgan fingerprint density at radius 2 is 2.20 bits per heavy atom. The molecule has 1 heterocycles. The van der Waals surface area contributed by atoms with Gasteiger partial charge in [-0.15, -0.1) is 0 Å². The molecule has 15 heavy (non-hydrogen) atoms. The van der Waals surface area contributed by atoms with Crippen molar-refractivity contribution in [3.05, 3.63) is 0 Å². The molecule has 1 aliphatic heterocycles. The lowest BCUT2D eigenvalue weighted by atomic mass is 10.1. The molecule has 0 aromatic carbocycles. The summed E-state index contributed by atoms with van der Waals surface area (Å²) in [6, 6.07) is -0.641. The normalized spacial score (nSPS) is 27.5. The molecule has 2 unspecified atom stereocenters. The molecule has 88 valence electrons. The van der Waals surface area contributed by atoms with Gasteiger partial charge in [0.25, 0.3) is 0 Å². The lowest BCUT2D eigenvalue weighted by Gasteiger charge is -2.31. The molecule has 0 radical (unpaired) electrons. The largest absolute Gasteiger partial charge is 0.471 e. The van der Waals surface area contributed by atoms with Crippen molar-refractivity contribution in [1.29, 1.82) is 0 Å². The van der Waals surface area contributed by atoms with Crippen LogP contribution >= 0.6 is 0 Å². The van der Waals surface area contributed by atoms with E-state index in [9.17, 15) is 18.0 Å². The van der Waals surface area contributed by atoms with Crippen LogP contribution in [0.25, 0.3) is 0 Å². The highest BCUT2D eigenvalue weighted by Gasteiger charge is 2.41. The van der Waals surface area contributed by atoms with Crippen LogP contribution in [0.1, 0.15) is 6.42 Å². The second-order valence-corrected chi connectivity index (χ2v) is 3.22. The summed E-state index contributed by atoms with van der Waals surface area (Å²) in [5.41, 5.74) is 0. The number of halogens is 3. The summed E-state index contributed by atoms with van der Waals surface area (Å²) >= 11 is 0. The molecule has 2 atom stereocenters. The fraction of sp³-hybridized carbons (Fsp3) is 0.875. The molecule has 0 aromatic rings. The third kappa shape index (κ3) is 3.35. The lowest BCUT2D eigenvalue weighted by Crippen LogP contribution is -2.52. The van der Waals surface area contributed by atoms with E-state index in [0.29, 0.717) is 13.0 Å². The van der Waals surface area contributed by atoms with Gasteiger partial charge in [-0.1, -0.05) is 0 Å². The molecule has 1 rings (SSSR count). The number of methoxy groups -OCH3 is 1. The lowest BCUT2D eigenvalue weighted by molar-refractivity contribution is -0.176. The van der Waals surface area contributed by atoms with Crippen molar-refractivity contribution in [2.24, 2.45) is 0 Å². The van der Waals surface area contributed by atoms with Gasteiger partial charge in [-0.3, -0.25) is 4.79 Å². The first kappa shape index (κ1) is 12.3. The van der Waals surface area contributed by atoms with Crippen molar-refractivity contribution in [2.75, 3.05) is 20.3 Å². The third-order valence-electron chi connectivity index (χ3n) is 2.18. The van der Waals surface area contributed by atoms with Crippen LogP contribution < -0.4 is 5.32 Å². The summed E-state index contributed by atoms with van der Waals surface area (Å²) in [6.07, 6.45) is -5.05. The first-order valence-corrected chi connectivity index (χ1v) is 4.43. The first-order valence-electron chi connectivity index (χ1n) is 4.43. The SMILES string of the molecule is COC1COCCC1NC(=O)C(F)(F)F. The minimum Gasteiger partial charge on any atom is -0.379 e. The summed E-state index contributed by atoms with van der Waals surface area (Å²) in [6.45, 7) is 0.516. The molecule has 0 saturated carbocycles. The number of nitrogens with one attached hydrogen (secondary N) is 1. The van der Waals surface area contributed by atoms with Crippen LogP contribution in [0, 0.1) is 0 Å². The van der Waals surface area contributed by atoms with Crippen molar-refractivity contribution in [1.82, 2.24) is 5.32 Å². The van der Waals surface area contributed by atoms with Crippen LogP contribution in [-0.2, 0) is 14.3 Å². The van der Waals surface area contributed by atoms with Crippen LogP contribution in [0.15, 0.2) is 0 Å². The quantitative estimate of drug-likeness (QED) is 0.746. The topological polar surface area (TPSA) is 47.6 Å². The second kappa shape index (κ2) is 4.80. The molecular formula is C8H12F3NO3. The van der Waals surface area contributed by atoms with E-state index in [1.165, 1.54) is 7.11 Å². The average molecular weight is 227 g/mol. The Kier molecular flexibility index (Phi) is 3.92. The van der Waals surface area contributed by atoms with Gasteiger partial charge < -0.3 is 14.8 Å². The minimum absolute atomic E-state index is 0.194. The van der Waals surface area contributed by atoms with Crippen molar-refractivity contribution in [3.8, 4) is 0 Å². The van der Waals surface area contributed by atoms with Gasteiger partial charge in [-0.25, -0.2) is 0 Å². The van der Waals surface area contributed by atoms with Crippen LogP contribution in [0.4, 0.5) is 13.2 Å². The maximum atomic E-state index is 12.0.